The zero-order valence-corrected chi connectivity index (χ0v) is 14.6. The second-order valence-electron chi connectivity index (χ2n) is 5.50. The Labute approximate surface area is 143 Å². The van der Waals surface area contributed by atoms with Gasteiger partial charge in [-0.2, -0.15) is 0 Å². The number of guanidine groups is 1. The van der Waals surface area contributed by atoms with Crippen molar-refractivity contribution in [3.63, 3.8) is 0 Å². The lowest BCUT2D eigenvalue weighted by atomic mass is 9.89. The second kappa shape index (κ2) is 8.58. The number of benzene rings is 1. The highest BCUT2D eigenvalue weighted by Crippen LogP contribution is 2.32. The summed E-state index contributed by atoms with van der Waals surface area (Å²) in [6.45, 7) is 3.74. The Balaban J connectivity index is 0.00000161. The van der Waals surface area contributed by atoms with Crippen LogP contribution in [-0.2, 0) is 4.74 Å². The molecule has 0 saturated carbocycles. The molecular formula is C16H24IN3O. The Morgan fingerprint density at radius 1 is 1.24 bits per heavy atom. The van der Waals surface area contributed by atoms with Crippen LogP contribution >= 0.6 is 24.0 Å². The van der Waals surface area contributed by atoms with E-state index in [1.807, 2.05) is 0 Å². The van der Waals surface area contributed by atoms with Crippen molar-refractivity contribution in [2.45, 2.75) is 25.4 Å². The first-order valence-electron chi connectivity index (χ1n) is 7.62. The molecule has 2 aliphatic heterocycles. The van der Waals surface area contributed by atoms with Gasteiger partial charge in [0.15, 0.2) is 5.96 Å². The zero-order valence-electron chi connectivity index (χ0n) is 12.3. The van der Waals surface area contributed by atoms with E-state index >= 15 is 0 Å². The van der Waals surface area contributed by atoms with Gasteiger partial charge in [-0.1, -0.05) is 30.3 Å². The lowest BCUT2D eigenvalue weighted by Gasteiger charge is -2.33. The van der Waals surface area contributed by atoms with Gasteiger partial charge in [0.1, 0.15) is 0 Å². The van der Waals surface area contributed by atoms with Crippen molar-refractivity contribution >= 4 is 29.9 Å². The summed E-state index contributed by atoms with van der Waals surface area (Å²) < 4.78 is 6.02. The van der Waals surface area contributed by atoms with Crippen LogP contribution in [0.4, 0.5) is 0 Å². The number of rotatable bonds is 3. The summed E-state index contributed by atoms with van der Waals surface area (Å²) in [7, 11) is 0. The van der Waals surface area contributed by atoms with Crippen molar-refractivity contribution < 1.29 is 4.74 Å². The van der Waals surface area contributed by atoms with Crippen LogP contribution in [0.15, 0.2) is 35.3 Å². The van der Waals surface area contributed by atoms with Gasteiger partial charge in [-0.05, 0) is 24.8 Å². The third-order valence-electron chi connectivity index (χ3n) is 4.00. The van der Waals surface area contributed by atoms with Gasteiger partial charge in [-0.15, -0.1) is 24.0 Å². The van der Waals surface area contributed by atoms with Crippen LogP contribution in [0.1, 0.15) is 30.9 Å². The lowest BCUT2D eigenvalue weighted by Crippen LogP contribution is -2.44. The molecule has 0 spiro atoms. The molecule has 1 aromatic rings. The largest absolute Gasteiger partial charge is 0.373 e. The Kier molecular flexibility index (Phi) is 6.76. The zero-order chi connectivity index (χ0) is 13.6. The average molecular weight is 401 g/mol. The molecular weight excluding hydrogens is 377 g/mol. The Hall–Kier alpha value is -0.820. The number of hydrogen-bond donors (Lipinski definition) is 2. The monoisotopic (exact) mass is 401 g/mol. The summed E-state index contributed by atoms with van der Waals surface area (Å²) in [5.74, 6) is 1.46. The van der Waals surface area contributed by atoms with Gasteiger partial charge in [-0.3, -0.25) is 4.99 Å². The van der Waals surface area contributed by atoms with E-state index in [1.54, 1.807) is 0 Å². The van der Waals surface area contributed by atoms with Crippen molar-refractivity contribution in [1.29, 1.82) is 0 Å². The molecule has 1 fully saturated rings. The summed E-state index contributed by atoms with van der Waals surface area (Å²) in [5, 5.41) is 6.76. The number of ether oxygens (including phenoxy) is 1. The number of halogens is 1. The molecule has 0 aliphatic carbocycles. The standard InChI is InChI=1S/C16H23N3O.HI/c1-2-6-13(7-3-1)15-14(8-4-11-20-15)12-19-16-17-9-5-10-18-16;/h1-3,6-7,14-15H,4-5,8-12H2,(H2,17,18,19);1H. The van der Waals surface area contributed by atoms with Gasteiger partial charge in [0.05, 0.1) is 6.10 Å². The SMILES string of the molecule is I.c1ccc(C2OCCCC2CNC2=NCCCN2)cc1. The highest BCUT2D eigenvalue weighted by molar-refractivity contribution is 14.0. The van der Waals surface area contributed by atoms with Gasteiger partial charge in [0.25, 0.3) is 0 Å². The van der Waals surface area contributed by atoms with Gasteiger partial charge in [-0.25, -0.2) is 0 Å². The third kappa shape index (κ3) is 4.57. The van der Waals surface area contributed by atoms with Crippen molar-refractivity contribution in [3.8, 4) is 0 Å². The maximum Gasteiger partial charge on any atom is 0.191 e. The molecule has 3 rings (SSSR count). The summed E-state index contributed by atoms with van der Waals surface area (Å²) >= 11 is 0. The quantitative estimate of drug-likeness (QED) is 0.766. The molecule has 0 amide bonds. The summed E-state index contributed by atoms with van der Waals surface area (Å²) in [6, 6.07) is 10.6. The van der Waals surface area contributed by atoms with Gasteiger partial charge >= 0.3 is 0 Å². The minimum atomic E-state index is 0. The van der Waals surface area contributed by atoms with Crippen LogP contribution in [0.5, 0.6) is 0 Å². The van der Waals surface area contributed by atoms with Crippen molar-refractivity contribution in [1.82, 2.24) is 10.6 Å². The molecule has 116 valence electrons. The van der Waals surface area contributed by atoms with E-state index in [9.17, 15) is 0 Å². The number of hydrogen-bond acceptors (Lipinski definition) is 4. The fourth-order valence-corrected chi connectivity index (χ4v) is 2.94. The van der Waals surface area contributed by atoms with E-state index in [-0.39, 0.29) is 30.1 Å². The lowest BCUT2D eigenvalue weighted by molar-refractivity contribution is -0.0265. The molecule has 1 saturated heterocycles. The molecule has 0 radical (unpaired) electrons. The highest BCUT2D eigenvalue weighted by Gasteiger charge is 2.27. The topological polar surface area (TPSA) is 45.6 Å². The Morgan fingerprint density at radius 2 is 2.10 bits per heavy atom. The molecule has 5 heteroatoms. The van der Waals surface area contributed by atoms with Crippen molar-refractivity contribution in [2.75, 3.05) is 26.2 Å². The molecule has 2 atom stereocenters. The molecule has 21 heavy (non-hydrogen) atoms. The minimum Gasteiger partial charge on any atom is -0.373 e. The van der Waals surface area contributed by atoms with E-state index in [1.165, 1.54) is 12.0 Å². The molecule has 2 heterocycles. The molecule has 2 N–H and O–H groups in total. The summed E-state index contributed by atoms with van der Waals surface area (Å²) in [4.78, 5) is 4.47. The normalized spacial score (nSPS) is 25.2. The average Bonchev–Trinajstić information content (AvgIpc) is 2.55. The molecule has 0 aromatic heterocycles. The fraction of sp³-hybridized carbons (Fsp3) is 0.562. The third-order valence-corrected chi connectivity index (χ3v) is 4.00. The first-order valence-corrected chi connectivity index (χ1v) is 7.62. The van der Waals surface area contributed by atoms with Crippen LogP contribution in [0.3, 0.4) is 0 Å². The molecule has 2 aliphatic rings. The number of nitrogens with one attached hydrogen (secondary N) is 2. The van der Waals surface area contributed by atoms with E-state index in [0.29, 0.717) is 5.92 Å². The minimum absolute atomic E-state index is 0. The predicted octanol–water partition coefficient (Wildman–Crippen LogP) is 2.71. The number of aliphatic imine (C=N–C) groups is 1. The maximum absolute atomic E-state index is 6.02. The van der Waals surface area contributed by atoms with Gasteiger partial charge in [0.2, 0.25) is 0 Å². The first kappa shape index (κ1) is 16.5. The van der Waals surface area contributed by atoms with E-state index < -0.39 is 0 Å². The van der Waals surface area contributed by atoms with Crippen LogP contribution in [0, 0.1) is 5.92 Å². The molecule has 2 unspecified atom stereocenters. The number of nitrogens with zero attached hydrogens (tertiary/aromatic N) is 1. The fourth-order valence-electron chi connectivity index (χ4n) is 2.94. The van der Waals surface area contributed by atoms with Crippen LogP contribution in [-0.4, -0.2) is 32.2 Å². The smallest absolute Gasteiger partial charge is 0.191 e. The first-order chi connectivity index (χ1) is 9.93. The van der Waals surface area contributed by atoms with Crippen molar-refractivity contribution in [3.05, 3.63) is 35.9 Å². The van der Waals surface area contributed by atoms with E-state index in [0.717, 1.165) is 45.0 Å². The maximum atomic E-state index is 6.02. The molecule has 4 nitrogen and oxygen atoms in total. The van der Waals surface area contributed by atoms with Gasteiger partial charge in [0, 0.05) is 32.2 Å². The predicted molar refractivity (Wildman–Crippen MR) is 96.2 cm³/mol. The van der Waals surface area contributed by atoms with Crippen LogP contribution < -0.4 is 10.6 Å². The van der Waals surface area contributed by atoms with E-state index in [2.05, 4.69) is 46.0 Å². The second-order valence-corrected chi connectivity index (χ2v) is 5.50. The van der Waals surface area contributed by atoms with Crippen molar-refractivity contribution in [2.24, 2.45) is 10.9 Å². The highest BCUT2D eigenvalue weighted by atomic mass is 127. The molecule has 0 bridgehead atoms. The van der Waals surface area contributed by atoms with Crippen LogP contribution in [0.25, 0.3) is 0 Å². The Morgan fingerprint density at radius 3 is 2.86 bits per heavy atom. The summed E-state index contributed by atoms with van der Waals surface area (Å²) in [6.07, 6.45) is 3.70. The summed E-state index contributed by atoms with van der Waals surface area (Å²) in [5.41, 5.74) is 1.29. The van der Waals surface area contributed by atoms with Crippen LogP contribution in [0.2, 0.25) is 0 Å². The van der Waals surface area contributed by atoms with E-state index in [4.69, 9.17) is 4.74 Å². The Bertz CT molecular complexity index is 452. The van der Waals surface area contributed by atoms with Gasteiger partial charge < -0.3 is 15.4 Å². The molecule has 1 aromatic carbocycles.